The number of ketones is 1. The number of carbonyl (C=O) groups excluding carboxylic acids is 1. The van der Waals surface area contributed by atoms with Gasteiger partial charge in [0.15, 0.2) is 0 Å². The van der Waals surface area contributed by atoms with Gasteiger partial charge < -0.3 is 15.0 Å². The molecule has 1 aliphatic rings. The summed E-state index contributed by atoms with van der Waals surface area (Å²) >= 11 is 0. The Balaban J connectivity index is 1.89. The van der Waals surface area contributed by atoms with Crippen molar-refractivity contribution in [1.29, 1.82) is 0 Å². The number of aryl methyl sites for hydroxylation is 1. The number of unbranched alkanes of at least 4 members (excludes halogenated alkanes) is 1. The van der Waals surface area contributed by atoms with Gasteiger partial charge in [0.1, 0.15) is 5.78 Å². The minimum atomic E-state index is -2.96. The molecule has 1 aromatic carbocycles. The molecule has 1 aliphatic carbocycles. The minimum absolute atomic E-state index is 0.158. The summed E-state index contributed by atoms with van der Waals surface area (Å²) in [7, 11) is 0. The van der Waals surface area contributed by atoms with Gasteiger partial charge in [-0.1, -0.05) is 48.6 Å². The summed E-state index contributed by atoms with van der Waals surface area (Å²) in [5.41, 5.74) is 0.865. The molecule has 0 unspecified atom stereocenters. The lowest BCUT2D eigenvalue weighted by Gasteiger charge is -2.20. The Kier molecular flexibility index (Phi) is 9.18. The largest absolute Gasteiger partial charge is 0.393 e. The number of Topliss-reactive ketones (excluding diaryl/α,β-unsaturated/α-hetero) is 1. The Hall–Kier alpha value is -1.85. The van der Waals surface area contributed by atoms with Gasteiger partial charge in [-0.05, 0) is 50.2 Å². The van der Waals surface area contributed by atoms with Crippen LogP contribution in [-0.4, -0.2) is 34.1 Å². The van der Waals surface area contributed by atoms with E-state index in [-0.39, 0.29) is 31.0 Å². The van der Waals surface area contributed by atoms with E-state index in [1.165, 1.54) is 6.08 Å². The molecular formula is C24H32F2O3. The van der Waals surface area contributed by atoms with Gasteiger partial charge in [-0.15, -0.1) is 0 Å². The number of hydrogen-bond donors (Lipinski definition) is 2. The standard InChI is InChI=1S/C24H32F2O3/c1-18(27)9-5-2-3-8-12-20-21(23(29)17-22(20)28)14-16-24(25,26)15-13-19-10-6-4-7-11-19/h3-4,6-8,10-11,14,16,20-23,28-29H,2,5,9,12-13,15,17H2,1H3/b8-3-,16-14+/t20-,21-,22+,23-/m1/s1. The normalized spacial score (nSPS) is 25.3. The summed E-state index contributed by atoms with van der Waals surface area (Å²) in [6.45, 7) is 1.56. The number of aliphatic hydroxyl groups excluding tert-OH is 2. The van der Waals surface area contributed by atoms with Crippen LogP contribution in [0.5, 0.6) is 0 Å². The molecule has 5 heteroatoms. The monoisotopic (exact) mass is 406 g/mol. The second kappa shape index (κ2) is 11.4. The van der Waals surface area contributed by atoms with Crippen LogP contribution < -0.4 is 0 Å². The van der Waals surface area contributed by atoms with Crippen LogP contribution in [0, 0.1) is 11.8 Å². The van der Waals surface area contributed by atoms with E-state index in [1.54, 1.807) is 6.92 Å². The van der Waals surface area contributed by atoms with E-state index in [2.05, 4.69) is 0 Å². The lowest BCUT2D eigenvalue weighted by atomic mass is 9.89. The van der Waals surface area contributed by atoms with E-state index in [4.69, 9.17) is 0 Å². The zero-order chi connectivity index (χ0) is 21.3. The number of hydrogen-bond acceptors (Lipinski definition) is 3. The summed E-state index contributed by atoms with van der Waals surface area (Å²) in [6.07, 6.45) is 7.42. The molecule has 1 saturated carbocycles. The van der Waals surface area contributed by atoms with Crippen LogP contribution in [0.2, 0.25) is 0 Å². The van der Waals surface area contributed by atoms with Crippen LogP contribution in [0.25, 0.3) is 0 Å². The zero-order valence-corrected chi connectivity index (χ0v) is 17.0. The fourth-order valence-corrected chi connectivity index (χ4v) is 3.84. The van der Waals surface area contributed by atoms with Crippen molar-refractivity contribution in [2.45, 2.75) is 70.0 Å². The number of aliphatic hydroxyl groups is 2. The third kappa shape index (κ3) is 8.19. The molecule has 3 nitrogen and oxygen atoms in total. The van der Waals surface area contributed by atoms with Gasteiger partial charge in [-0.25, -0.2) is 8.78 Å². The molecule has 0 bridgehead atoms. The molecule has 1 fully saturated rings. The van der Waals surface area contributed by atoms with E-state index < -0.39 is 24.0 Å². The molecule has 2 rings (SSSR count). The van der Waals surface area contributed by atoms with E-state index in [0.29, 0.717) is 12.8 Å². The molecule has 160 valence electrons. The number of carbonyl (C=O) groups is 1. The number of allylic oxidation sites excluding steroid dienone is 3. The van der Waals surface area contributed by atoms with Crippen LogP contribution in [0.4, 0.5) is 8.78 Å². The maximum atomic E-state index is 14.3. The van der Waals surface area contributed by atoms with Crippen LogP contribution in [-0.2, 0) is 11.2 Å². The van der Waals surface area contributed by atoms with Crippen molar-refractivity contribution in [3.8, 4) is 0 Å². The second-order valence-corrected chi connectivity index (χ2v) is 8.02. The predicted molar refractivity (Wildman–Crippen MR) is 111 cm³/mol. The van der Waals surface area contributed by atoms with Gasteiger partial charge >= 0.3 is 0 Å². The van der Waals surface area contributed by atoms with Crippen LogP contribution >= 0.6 is 0 Å². The Labute approximate surface area is 172 Å². The maximum Gasteiger partial charge on any atom is 0.266 e. The molecule has 0 saturated heterocycles. The van der Waals surface area contributed by atoms with Gasteiger partial charge in [0, 0.05) is 25.2 Å². The van der Waals surface area contributed by atoms with Gasteiger partial charge in [0.2, 0.25) is 0 Å². The van der Waals surface area contributed by atoms with Crippen LogP contribution in [0.1, 0.15) is 51.0 Å². The molecule has 0 amide bonds. The van der Waals surface area contributed by atoms with Crippen molar-refractivity contribution in [2.75, 3.05) is 0 Å². The van der Waals surface area contributed by atoms with Crippen molar-refractivity contribution in [2.24, 2.45) is 11.8 Å². The predicted octanol–water partition coefficient (Wildman–Crippen LogP) is 4.87. The molecule has 0 aliphatic heterocycles. The first-order chi connectivity index (χ1) is 13.8. The highest BCUT2D eigenvalue weighted by atomic mass is 19.3. The van der Waals surface area contributed by atoms with E-state index >= 15 is 0 Å². The first kappa shape index (κ1) is 23.4. The summed E-state index contributed by atoms with van der Waals surface area (Å²) in [6, 6.07) is 9.17. The van der Waals surface area contributed by atoms with Crippen LogP contribution in [0.3, 0.4) is 0 Å². The van der Waals surface area contributed by atoms with E-state index in [0.717, 1.165) is 24.5 Å². The molecule has 0 heterocycles. The number of rotatable bonds is 11. The molecule has 1 aromatic rings. The second-order valence-electron chi connectivity index (χ2n) is 8.02. The average molecular weight is 407 g/mol. The SMILES string of the molecule is CC(=O)CCC/C=C\C[C@@H]1[C@@H](/C=C/C(F)(F)CCc2ccccc2)[C@H](O)C[C@@H]1O. The molecule has 0 radical (unpaired) electrons. The smallest absolute Gasteiger partial charge is 0.266 e. The molecule has 2 N–H and O–H groups in total. The zero-order valence-electron chi connectivity index (χ0n) is 17.0. The third-order valence-electron chi connectivity index (χ3n) is 5.54. The van der Waals surface area contributed by atoms with Gasteiger partial charge in [0.25, 0.3) is 5.92 Å². The van der Waals surface area contributed by atoms with Gasteiger partial charge in [0.05, 0.1) is 12.2 Å². The fourth-order valence-electron chi connectivity index (χ4n) is 3.84. The topological polar surface area (TPSA) is 57.5 Å². The Morgan fingerprint density at radius 3 is 2.59 bits per heavy atom. The van der Waals surface area contributed by atoms with Crippen molar-refractivity contribution in [3.63, 3.8) is 0 Å². The summed E-state index contributed by atoms with van der Waals surface area (Å²) in [5, 5.41) is 20.4. The fraction of sp³-hybridized carbons (Fsp3) is 0.542. The van der Waals surface area contributed by atoms with Gasteiger partial charge in [-0.2, -0.15) is 0 Å². The van der Waals surface area contributed by atoms with Gasteiger partial charge in [-0.3, -0.25) is 0 Å². The lowest BCUT2D eigenvalue weighted by molar-refractivity contribution is -0.117. The molecule has 29 heavy (non-hydrogen) atoms. The Morgan fingerprint density at radius 2 is 1.90 bits per heavy atom. The molecule has 0 aromatic heterocycles. The quantitative estimate of drug-likeness (QED) is 0.407. The minimum Gasteiger partial charge on any atom is -0.393 e. The maximum absolute atomic E-state index is 14.3. The average Bonchev–Trinajstić information content (AvgIpc) is 2.94. The van der Waals surface area contributed by atoms with Crippen molar-refractivity contribution < 1.29 is 23.8 Å². The molecular weight excluding hydrogens is 374 g/mol. The summed E-state index contributed by atoms with van der Waals surface area (Å²) < 4.78 is 28.6. The lowest BCUT2D eigenvalue weighted by Crippen LogP contribution is -2.21. The molecule has 0 spiro atoms. The Morgan fingerprint density at radius 1 is 1.17 bits per heavy atom. The first-order valence-electron chi connectivity index (χ1n) is 10.4. The first-order valence-corrected chi connectivity index (χ1v) is 10.4. The van der Waals surface area contributed by atoms with Crippen molar-refractivity contribution in [1.82, 2.24) is 0 Å². The third-order valence-corrected chi connectivity index (χ3v) is 5.54. The van der Waals surface area contributed by atoms with Crippen molar-refractivity contribution in [3.05, 3.63) is 60.2 Å². The van der Waals surface area contributed by atoms with E-state index in [1.807, 2.05) is 42.5 Å². The number of benzene rings is 1. The summed E-state index contributed by atoms with van der Waals surface area (Å²) in [5.74, 6) is -3.58. The van der Waals surface area contributed by atoms with Crippen LogP contribution in [0.15, 0.2) is 54.6 Å². The summed E-state index contributed by atoms with van der Waals surface area (Å²) in [4.78, 5) is 10.9. The number of halogens is 2. The highest BCUT2D eigenvalue weighted by Gasteiger charge is 2.40. The Bertz CT molecular complexity index is 685. The number of alkyl halides is 2. The molecule has 4 atom stereocenters. The highest BCUT2D eigenvalue weighted by Crippen LogP contribution is 2.37. The van der Waals surface area contributed by atoms with E-state index in [9.17, 15) is 23.8 Å². The highest BCUT2D eigenvalue weighted by molar-refractivity contribution is 5.75. The van der Waals surface area contributed by atoms with Crippen molar-refractivity contribution >= 4 is 5.78 Å².